The van der Waals surface area contributed by atoms with E-state index >= 15 is 0 Å². The third-order valence-electron chi connectivity index (χ3n) is 3.61. The lowest BCUT2D eigenvalue weighted by atomic mass is 10.1. The quantitative estimate of drug-likeness (QED) is 0.767. The molecule has 116 valence electrons. The van der Waals surface area contributed by atoms with Crippen molar-refractivity contribution in [2.24, 2.45) is 0 Å². The topological polar surface area (TPSA) is 50.8 Å². The first-order valence-corrected chi connectivity index (χ1v) is 7.43. The summed E-state index contributed by atoms with van der Waals surface area (Å²) in [6.45, 7) is 4.82. The first-order chi connectivity index (χ1) is 10.3. The van der Waals surface area contributed by atoms with Crippen molar-refractivity contribution in [3.63, 3.8) is 0 Å². The highest BCUT2D eigenvalue weighted by molar-refractivity contribution is 5.76. The molecule has 21 heavy (non-hydrogen) atoms. The van der Waals surface area contributed by atoms with Crippen molar-refractivity contribution < 1.29 is 14.3 Å². The van der Waals surface area contributed by atoms with Gasteiger partial charge >= 0.3 is 0 Å². The Kier molecular flexibility index (Phi) is 6.66. The maximum atomic E-state index is 12.0. The number of morpholine rings is 1. The van der Waals surface area contributed by atoms with Crippen molar-refractivity contribution in [3.05, 3.63) is 35.4 Å². The summed E-state index contributed by atoms with van der Waals surface area (Å²) in [6.07, 6.45) is 0.534. The number of carbonyl (C=O) groups is 1. The van der Waals surface area contributed by atoms with Crippen LogP contribution in [-0.4, -0.2) is 50.8 Å². The van der Waals surface area contributed by atoms with E-state index in [4.69, 9.17) is 9.47 Å². The average Bonchev–Trinajstić information content (AvgIpc) is 2.54. The van der Waals surface area contributed by atoms with Gasteiger partial charge in [-0.05, 0) is 11.1 Å². The van der Waals surface area contributed by atoms with Gasteiger partial charge in [0.25, 0.3) is 0 Å². The minimum absolute atomic E-state index is 0.205. The van der Waals surface area contributed by atoms with E-state index in [-0.39, 0.29) is 5.91 Å². The minimum atomic E-state index is 0.205. The molecule has 1 fully saturated rings. The zero-order chi connectivity index (χ0) is 14.9. The molecule has 1 aliphatic rings. The van der Waals surface area contributed by atoms with E-state index in [0.717, 1.165) is 19.6 Å². The average molecular weight is 292 g/mol. The highest BCUT2D eigenvalue weighted by atomic mass is 16.5. The van der Waals surface area contributed by atoms with Crippen LogP contribution in [0.25, 0.3) is 0 Å². The fraction of sp³-hybridized carbons (Fsp3) is 0.562. The van der Waals surface area contributed by atoms with Crippen molar-refractivity contribution in [2.75, 3.05) is 40.0 Å². The molecule has 1 saturated heterocycles. The van der Waals surface area contributed by atoms with Crippen LogP contribution in [0.3, 0.4) is 0 Å². The van der Waals surface area contributed by atoms with Gasteiger partial charge in [-0.25, -0.2) is 0 Å². The van der Waals surface area contributed by atoms with Crippen LogP contribution in [0, 0.1) is 0 Å². The van der Waals surface area contributed by atoms with Gasteiger partial charge in [-0.1, -0.05) is 24.3 Å². The maximum absolute atomic E-state index is 12.0. The van der Waals surface area contributed by atoms with Gasteiger partial charge in [0, 0.05) is 39.7 Å². The van der Waals surface area contributed by atoms with Crippen LogP contribution in [0.2, 0.25) is 0 Å². The van der Waals surface area contributed by atoms with Gasteiger partial charge in [0.05, 0.1) is 19.8 Å². The molecule has 0 atom stereocenters. The van der Waals surface area contributed by atoms with E-state index < -0.39 is 0 Å². The van der Waals surface area contributed by atoms with Crippen molar-refractivity contribution in [1.82, 2.24) is 10.2 Å². The summed E-state index contributed by atoms with van der Waals surface area (Å²) in [5.74, 6) is 0.205. The Hall–Kier alpha value is -1.43. The fourth-order valence-electron chi connectivity index (χ4n) is 2.42. The molecule has 0 saturated carbocycles. The molecule has 0 aromatic heterocycles. The Morgan fingerprint density at radius 3 is 2.71 bits per heavy atom. The molecule has 1 amide bonds. The molecule has 1 aliphatic heterocycles. The molecule has 5 nitrogen and oxygen atoms in total. The van der Waals surface area contributed by atoms with E-state index in [1.54, 1.807) is 7.11 Å². The summed E-state index contributed by atoms with van der Waals surface area (Å²) >= 11 is 0. The molecule has 0 spiro atoms. The number of ether oxygens (including phenoxy) is 2. The Bertz CT molecular complexity index is 445. The van der Waals surface area contributed by atoms with Crippen LogP contribution in [-0.2, 0) is 27.4 Å². The molecule has 1 heterocycles. The zero-order valence-electron chi connectivity index (χ0n) is 12.6. The van der Waals surface area contributed by atoms with Gasteiger partial charge < -0.3 is 19.7 Å². The van der Waals surface area contributed by atoms with Crippen LogP contribution in [0.4, 0.5) is 0 Å². The fourth-order valence-corrected chi connectivity index (χ4v) is 2.42. The Labute approximate surface area is 126 Å². The summed E-state index contributed by atoms with van der Waals surface area (Å²) in [5.41, 5.74) is 2.41. The number of nitrogens with zero attached hydrogens (tertiary/aromatic N) is 1. The molecule has 1 aromatic rings. The first-order valence-electron chi connectivity index (χ1n) is 7.43. The van der Waals surface area contributed by atoms with Gasteiger partial charge in [0.2, 0.25) is 5.91 Å². The van der Waals surface area contributed by atoms with Crippen LogP contribution in [0.1, 0.15) is 17.5 Å². The molecule has 1 aromatic carbocycles. The monoisotopic (exact) mass is 292 g/mol. The summed E-state index contributed by atoms with van der Waals surface area (Å²) in [7, 11) is 1.70. The van der Waals surface area contributed by atoms with Crippen LogP contribution in [0.5, 0.6) is 0 Å². The summed E-state index contributed by atoms with van der Waals surface area (Å²) in [5, 5.41) is 3.34. The Balaban J connectivity index is 1.70. The van der Waals surface area contributed by atoms with Gasteiger partial charge in [0.1, 0.15) is 0 Å². The second-order valence-corrected chi connectivity index (χ2v) is 5.12. The predicted octanol–water partition coefficient (Wildman–Crippen LogP) is 1.17. The van der Waals surface area contributed by atoms with Gasteiger partial charge in [-0.15, -0.1) is 0 Å². The molecular weight excluding hydrogens is 268 g/mol. The second-order valence-electron chi connectivity index (χ2n) is 5.12. The lowest BCUT2D eigenvalue weighted by Gasteiger charge is -2.26. The Morgan fingerprint density at radius 2 is 2.00 bits per heavy atom. The van der Waals surface area contributed by atoms with Gasteiger partial charge in [0.15, 0.2) is 0 Å². The van der Waals surface area contributed by atoms with Crippen molar-refractivity contribution in [3.8, 4) is 0 Å². The number of amides is 1. The molecule has 5 heteroatoms. The molecule has 0 unspecified atom stereocenters. The summed E-state index contributed by atoms with van der Waals surface area (Å²) < 4.78 is 10.4. The highest BCUT2D eigenvalue weighted by Crippen LogP contribution is 2.09. The molecule has 1 N–H and O–H groups in total. The van der Waals surface area contributed by atoms with Crippen molar-refractivity contribution in [2.45, 2.75) is 19.6 Å². The first kappa shape index (κ1) is 15.9. The third-order valence-corrected chi connectivity index (χ3v) is 3.61. The van der Waals surface area contributed by atoms with E-state index in [1.165, 1.54) is 11.1 Å². The van der Waals surface area contributed by atoms with Crippen LogP contribution in [0.15, 0.2) is 24.3 Å². The van der Waals surface area contributed by atoms with Crippen molar-refractivity contribution >= 4 is 5.91 Å². The number of carbonyl (C=O) groups excluding carboxylic acids is 1. The number of hydrogen-bond acceptors (Lipinski definition) is 4. The summed E-state index contributed by atoms with van der Waals surface area (Å²) in [6, 6.07) is 8.19. The van der Waals surface area contributed by atoms with E-state index in [9.17, 15) is 4.79 Å². The molecule has 2 rings (SSSR count). The van der Waals surface area contributed by atoms with Gasteiger partial charge in [-0.3, -0.25) is 4.79 Å². The number of benzene rings is 1. The minimum Gasteiger partial charge on any atom is -0.380 e. The number of rotatable bonds is 7. The lowest BCUT2D eigenvalue weighted by Crippen LogP contribution is -2.41. The SMILES string of the molecule is COCc1ccccc1CNCCC(=O)N1CCOCC1. The maximum Gasteiger partial charge on any atom is 0.224 e. The third kappa shape index (κ3) is 5.12. The van der Waals surface area contributed by atoms with Crippen LogP contribution < -0.4 is 5.32 Å². The molecule has 0 radical (unpaired) electrons. The predicted molar refractivity (Wildman–Crippen MR) is 80.9 cm³/mol. The van der Waals surface area contributed by atoms with E-state index in [1.807, 2.05) is 17.0 Å². The van der Waals surface area contributed by atoms with E-state index in [2.05, 4.69) is 17.4 Å². The molecule has 0 bridgehead atoms. The lowest BCUT2D eigenvalue weighted by molar-refractivity contribution is -0.135. The highest BCUT2D eigenvalue weighted by Gasteiger charge is 2.15. The standard InChI is InChI=1S/C16H24N2O3/c1-20-13-15-5-3-2-4-14(15)12-17-7-6-16(19)18-8-10-21-11-9-18/h2-5,17H,6-13H2,1H3. The zero-order valence-corrected chi connectivity index (χ0v) is 12.6. The normalized spacial score (nSPS) is 15.2. The van der Waals surface area contributed by atoms with E-state index in [0.29, 0.717) is 32.8 Å². The number of hydrogen-bond donors (Lipinski definition) is 1. The molecular formula is C16H24N2O3. The smallest absolute Gasteiger partial charge is 0.224 e. The van der Waals surface area contributed by atoms with Crippen molar-refractivity contribution in [1.29, 1.82) is 0 Å². The second kappa shape index (κ2) is 8.77. The van der Waals surface area contributed by atoms with Crippen LogP contribution >= 0.6 is 0 Å². The number of nitrogens with one attached hydrogen (secondary N) is 1. The number of methoxy groups -OCH3 is 1. The summed E-state index contributed by atoms with van der Waals surface area (Å²) in [4.78, 5) is 13.9. The Morgan fingerprint density at radius 1 is 1.29 bits per heavy atom. The molecule has 0 aliphatic carbocycles. The van der Waals surface area contributed by atoms with Gasteiger partial charge in [-0.2, -0.15) is 0 Å². The largest absolute Gasteiger partial charge is 0.380 e.